The fourth-order valence-corrected chi connectivity index (χ4v) is 4.68. The van der Waals surface area contributed by atoms with Crippen LogP contribution in [0, 0.1) is 0 Å². The maximum atomic E-state index is 13.5. The Labute approximate surface area is 178 Å². The standard InChI is InChI=1S/C26H27NO3/c1-27-23(18-9-13-21(29-2)14-10-18)17-24(28)25(19-7-5-4-6-8-19)26(27)20-11-15-22(30-3)16-12-20/h4-16,23,25-26H,17H2,1-3H3/p+1/t23-,25+,26+/m1/s1. The van der Waals surface area contributed by atoms with Crippen LogP contribution in [-0.4, -0.2) is 27.1 Å². The first kappa shape index (κ1) is 20.2. The Morgan fingerprint density at radius 1 is 0.733 bits per heavy atom. The number of likely N-dealkylation sites (N-methyl/N-ethyl adjacent to an activating group) is 1. The molecular weight excluding hydrogens is 374 g/mol. The van der Waals surface area contributed by atoms with Crippen LogP contribution in [0.25, 0.3) is 0 Å². The van der Waals surface area contributed by atoms with Crippen molar-refractivity contribution < 1.29 is 19.2 Å². The zero-order valence-electron chi connectivity index (χ0n) is 17.7. The summed E-state index contributed by atoms with van der Waals surface area (Å²) in [6.07, 6.45) is 0.518. The second-order valence-corrected chi connectivity index (χ2v) is 7.88. The summed E-state index contributed by atoms with van der Waals surface area (Å²) >= 11 is 0. The van der Waals surface area contributed by atoms with Gasteiger partial charge in [0.1, 0.15) is 23.6 Å². The summed E-state index contributed by atoms with van der Waals surface area (Å²) in [5, 5.41) is 0. The quantitative estimate of drug-likeness (QED) is 0.706. The highest BCUT2D eigenvalue weighted by atomic mass is 16.5. The third-order valence-electron chi connectivity index (χ3n) is 6.28. The molecule has 0 radical (unpaired) electrons. The van der Waals surface area contributed by atoms with Crippen molar-refractivity contribution in [3.8, 4) is 11.5 Å². The molecule has 0 aliphatic carbocycles. The van der Waals surface area contributed by atoms with E-state index < -0.39 is 0 Å². The lowest BCUT2D eigenvalue weighted by Crippen LogP contribution is -3.11. The monoisotopic (exact) mass is 402 g/mol. The summed E-state index contributed by atoms with van der Waals surface area (Å²) in [7, 11) is 5.54. The number of nitrogens with one attached hydrogen (secondary N) is 1. The molecule has 4 rings (SSSR count). The molecule has 0 saturated carbocycles. The molecule has 3 aromatic carbocycles. The lowest BCUT2D eigenvalue weighted by Gasteiger charge is -2.41. The van der Waals surface area contributed by atoms with Gasteiger partial charge >= 0.3 is 0 Å². The summed E-state index contributed by atoms with van der Waals surface area (Å²) in [6.45, 7) is 0. The van der Waals surface area contributed by atoms with E-state index in [4.69, 9.17) is 9.47 Å². The number of likely N-dealkylation sites (tertiary alicyclic amines) is 1. The molecule has 1 saturated heterocycles. The molecule has 4 atom stereocenters. The molecule has 4 heteroatoms. The number of quaternary nitrogens is 1. The predicted octanol–water partition coefficient (Wildman–Crippen LogP) is 3.76. The van der Waals surface area contributed by atoms with Crippen molar-refractivity contribution in [3.63, 3.8) is 0 Å². The highest BCUT2D eigenvalue weighted by molar-refractivity contribution is 5.87. The Kier molecular flexibility index (Phi) is 5.86. The van der Waals surface area contributed by atoms with Crippen LogP contribution in [0.15, 0.2) is 78.9 Å². The Balaban J connectivity index is 1.76. The summed E-state index contributed by atoms with van der Waals surface area (Å²) in [4.78, 5) is 14.8. The number of ether oxygens (including phenoxy) is 2. The van der Waals surface area contributed by atoms with Crippen molar-refractivity contribution >= 4 is 5.78 Å². The highest BCUT2D eigenvalue weighted by Gasteiger charge is 2.46. The average molecular weight is 403 g/mol. The van der Waals surface area contributed by atoms with Gasteiger partial charge in [-0.15, -0.1) is 0 Å². The number of hydrogen-bond acceptors (Lipinski definition) is 3. The summed E-state index contributed by atoms with van der Waals surface area (Å²) in [5.41, 5.74) is 3.39. The minimum Gasteiger partial charge on any atom is -0.497 e. The van der Waals surface area contributed by atoms with Gasteiger partial charge in [-0.25, -0.2) is 0 Å². The van der Waals surface area contributed by atoms with Gasteiger partial charge in [0.2, 0.25) is 0 Å². The largest absolute Gasteiger partial charge is 0.497 e. The van der Waals surface area contributed by atoms with Crippen LogP contribution in [0.4, 0.5) is 0 Å². The number of carbonyl (C=O) groups excluding carboxylic acids is 1. The maximum Gasteiger partial charge on any atom is 0.153 e. The molecule has 30 heavy (non-hydrogen) atoms. The number of Topliss-reactive ketones (excluding diaryl/α,β-unsaturated/α-hetero) is 1. The molecular formula is C26H28NO3+. The lowest BCUT2D eigenvalue weighted by atomic mass is 9.76. The first-order valence-electron chi connectivity index (χ1n) is 10.3. The Hall–Kier alpha value is -3.11. The Bertz CT molecular complexity index is 983. The smallest absolute Gasteiger partial charge is 0.153 e. The molecule has 154 valence electrons. The number of piperidine rings is 1. The van der Waals surface area contributed by atoms with Crippen molar-refractivity contribution in [3.05, 3.63) is 95.6 Å². The molecule has 1 fully saturated rings. The van der Waals surface area contributed by atoms with Gasteiger partial charge in [0.25, 0.3) is 0 Å². The molecule has 0 amide bonds. The van der Waals surface area contributed by atoms with Gasteiger partial charge in [-0.3, -0.25) is 4.79 Å². The van der Waals surface area contributed by atoms with Crippen LogP contribution >= 0.6 is 0 Å². The van der Waals surface area contributed by atoms with Crippen LogP contribution in [0.2, 0.25) is 0 Å². The van der Waals surface area contributed by atoms with Crippen molar-refractivity contribution in [2.24, 2.45) is 0 Å². The van der Waals surface area contributed by atoms with Gasteiger partial charge in [0, 0.05) is 11.1 Å². The minimum absolute atomic E-state index is 0.0201. The van der Waals surface area contributed by atoms with Crippen molar-refractivity contribution in [2.45, 2.75) is 24.4 Å². The topological polar surface area (TPSA) is 40.0 Å². The van der Waals surface area contributed by atoms with E-state index in [-0.39, 0.29) is 23.8 Å². The predicted molar refractivity (Wildman–Crippen MR) is 117 cm³/mol. The van der Waals surface area contributed by atoms with Gasteiger partial charge in [-0.2, -0.15) is 0 Å². The fourth-order valence-electron chi connectivity index (χ4n) is 4.68. The van der Waals surface area contributed by atoms with Crippen LogP contribution in [0.1, 0.15) is 41.1 Å². The first-order chi connectivity index (χ1) is 14.6. The van der Waals surface area contributed by atoms with E-state index in [0.717, 1.165) is 28.2 Å². The van der Waals surface area contributed by atoms with Gasteiger partial charge < -0.3 is 14.4 Å². The van der Waals surface area contributed by atoms with E-state index in [0.29, 0.717) is 6.42 Å². The number of rotatable bonds is 5. The van der Waals surface area contributed by atoms with E-state index in [9.17, 15) is 4.79 Å². The van der Waals surface area contributed by atoms with E-state index in [1.807, 2.05) is 42.5 Å². The number of methoxy groups -OCH3 is 2. The summed E-state index contributed by atoms with van der Waals surface area (Å²) in [6, 6.07) is 26.5. The van der Waals surface area contributed by atoms with Crippen LogP contribution in [0.3, 0.4) is 0 Å². The first-order valence-corrected chi connectivity index (χ1v) is 10.3. The molecule has 0 spiro atoms. The van der Waals surface area contributed by atoms with Crippen molar-refractivity contribution in [1.29, 1.82) is 0 Å². The van der Waals surface area contributed by atoms with Gasteiger partial charge in [-0.05, 0) is 54.1 Å². The number of ketones is 1. The van der Waals surface area contributed by atoms with E-state index in [1.54, 1.807) is 14.2 Å². The zero-order valence-corrected chi connectivity index (χ0v) is 17.7. The lowest BCUT2D eigenvalue weighted by molar-refractivity contribution is -0.947. The Morgan fingerprint density at radius 3 is 1.80 bits per heavy atom. The molecule has 1 aliphatic rings. The molecule has 1 unspecified atom stereocenters. The molecule has 3 aromatic rings. The summed E-state index contributed by atoms with van der Waals surface area (Å²) < 4.78 is 10.6. The van der Waals surface area contributed by atoms with Crippen molar-refractivity contribution in [1.82, 2.24) is 0 Å². The average Bonchev–Trinajstić information content (AvgIpc) is 2.81. The molecule has 0 bridgehead atoms. The fraction of sp³-hybridized carbons (Fsp3) is 0.269. The maximum absolute atomic E-state index is 13.5. The van der Waals surface area contributed by atoms with Crippen LogP contribution in [0.5, 0.6) is 11.5 Å². The second kappa shape index (κ2) is 8.72. The SMILES string of the molecule is COc1ccc([C@H]2CC(=O)[C@H](c3ccccc3)[C@H](c3ccc(OC)cc3)[NH+]2C)cc1. The van der Waals surface area contributed by atoms with Gasteiger partial charge in [0.05, 0.1) is 33.6 Å². The highest BCUT2D eigenvalue weighted by Crippen LogP contribution is 2.37. The number of carbonyl (C=O) groups is 1. The van der Waals surface area contributed by atoms with Crippen molar-refractivity contribution in [2.75, 3.05) is 21.3 Å². The van der Waals surface area contributed by atoms with Gasteiger partial charge in [0.15, 0.2) is 5.78 Å². The second-order valence-electron chi connectivity index (χ2n) is 7.88. The van der Waals surface area contributed by atoms with Crippen LogP contribution in [-0.2, 0) is 4.79 Å². The minimum atomic E-state index is -0.172. The van der Waals surface area contributed by atoms with Gasteiger partial charge in [-0.1, -0.05) is 30.3 Å². The van der Waals surface area contributed by atoms with E-state index in [1.165, 1.54) is 4.90 Å². The number of benzene rings is 3. The third kappa shape index (κ3) is 3.83. The molecule has 1 N–H and O–H groups in total. The number of hydrogen-bond donors (Lipinski definition) is 1. The zero-order chi connectivity index (χ0) is 21.1. The third-order valence-corrected chi connectivity index (χ3v) is 6.28. The molecule has 1 heterocycles. The van der Waals surface area contributed by atoms with E-state index in [2.05, 4.69) is 43.4 Å². The molecule has 0 aromatic heterocycles. The van der Waals surface area contributed by atoms with Crippen LogP contribution < -0.4 is 14.4 Å². The Morgan fingerprint density at radius 2 is 1.27 bits per heavy atom. The summed E-state index contributed by atoms with van der Waals surface area (Å²) in [5.74, 6) is 1.76. The molecule has 4 nitrogen and oxygen atoms in total. The molecule has 1 aliphatic heterocycles. The van der Waals surface area contributed by atoms with E-state index >= 15 is 0 Å². The normalized spacial score (nSPS) is 23.8.